The number of fused-ring (bicyclic) bond motifs is 1. The van der Waals surface area contributed by atoms with E-state index in [0.717, 1.165) is 16.5 Å². The van der Waals surface area contributed by atoms with Crippen LogP contribution in [0.2, 0.25) is 0 Å². The highest BCUT2D eigenvalue weighted by atomic mass is 32.2. The summed E-state index contributed by atoms with van der Waals surface area (Å²) in [5.41, 5.74) is 18.5. The zero-order valence-corrected chi connectivity index (χ0v) is 24.0. The normalized spacial score (nSPS) is 17.0. The number of carboxylic acids is 1. The Morgan fingerprint density at radius 2 is 1.93 bits per heavy atom. The summed E-state index contributed by atoms with van der Waals surface area (Å²) in [6.07, 6.45) is 5.84. The first-order valence-electron chi connectivity index (χ1n) is 13.6. The number of para-hydroxylation sites is 1. The smallest absolute Gasteiger partial charge is 0.326 e. The number of aromatic amines is 1. The number of thioether (sulfide) groups is 1. The Morgan fingerprint density at radius 1 is 1.17 bits per heavy atom. The van der Waals surface area contributed by atoms with Crippen LogP contribution in [-0.4, -0.2) is 93.9 Å². The Balaban J connectivity index is 1.78. The summed E-state index contributed by atoms with van der Waals surface area (Å²) < 4.78 is 0. The number of H-pyrrole nitrogens is 1. The van der Waals surface area contributed by atoms with E-state index >= 15 is 0 Å². The van der Waals surface area contributed by atoms with E-state index in [1.807, 2.05) is 30.5 Å². The van der Waals surface area contributed by atoms with Crippen LogP contribution < -0.4 is 27.8 Å². The minimum atomic E-state index is -1.12. The highest BCUT2D eigenvalue weighted by molar-refractivity contribution is 7.98. The van der Waals surface area contributed by atoms with Crippen molar-refractivity contribution in [2.45, 2.75) is 62.7 Å². The third kappa shape index (κ3) is 8.85. The van der Waals surface area contributed by atoms with Gasteiger partial charge >= 0.3 is 5.97 Å². The number of benzene rings is 1. The van der Waals surface area contributed by atoms with Crippen molar-refractivity contribution in [3.8, 4) is 0 Å². The van der Waals surface area contributed by atoms with Gasteiger partial charge in [-0.2, -0.15) is 11.8 Å². The molecule has 10 N–H and O–H groups in total. The average molecular weight is 589 g/mol. The summed E-state index contributed by atoms with van der Waals surface area (Å²) in [4.78, 5) is 60.4. The van der Waals surface area contributed by atoms with E-state index in [4.69, 9.17) is 17.2 Å². The number of nitrogens with one attached hydrogen (secondary N) is 3. The van der Waals surface area contributed by atoms with Crippen LogP contribution in [0.15, 0.2) is 35.5 Å². The topological polar surface area (TPSA) is 222 Å². The number of aliphatic imine (C=N–C) groups is 1. The van der Waals surface area contributed by atoms with Gasteiger partial charge < -0.3 is 42.8 Å². The molecule has 1 aliphatic rings. The lowest BCUT2D eigenvalue weighted by atomic mass is 10.0. The number of carbonyl (C=O) groups excluding carboxylic acids is 3. The monoisotopic (exact) mass is 588 g/mol. The van der Waals surface area contributed by atoms with Gasteiger partial charge in [0.1, 0.15) is 18.1 Å². The molecular weight excluding hydrogens is 548 g/mol. The number of amides is 3. The highest BCUT2D eigenvalue weighted by Crippen LogP contribution is 2.23. The van der Waals surface area contributed by atoms with Gasteiger partial charge in [0.2, 0.25) is 17.7 Å². The van der Waals surface area contributed by atoms with E-state index < -0.39 is 47.9 Å². The fourth-order valence-corrected chi connectivity index (χ4v) is 5.39. The van der Waals surface area contributed by atoms with Crippen molar-refractivity contribution in [3.05, 3.63) is 36.0 Å². The molecule has 1 aromatic carbocycles. The molecule has 0 spiro atoms. The molecule has 3 rings (SSSR count). The number of nitrogens with zero attached hydrogens (tertiary/aromatic N) is 2. The Labute approximate surface area is 243 Å². The first kappa shape index (κ1) is 31.7. The molecule has 14 heteroatoms. The molecule has 4 atom stereocenters. The zero-order valence-electron chi connectivity index (χ0n) is 23.2. The Bertz CT molecular complexity index is 1250. The number of hydrogen-bond donors (Lipinski definition) is 7. The third-order valence-corrected chi connectivity index (χ3v) is 7.73. The molecule has 41 heavy (non-hydrogen) atoms. The maximum Gasteiger partial charge on any atom is 0.326 e. The average Bonchev–Trinajstić information content (AvgIpc) is 3.60. The summed E-state index contributed by atoms with van der Waals surface area (Å²) >= 11 is 1.48. The molecule has 2 aromatic rings. The molecular formula is C27H40N8O5S. The lowest BCUT2D eigenvalue weighted by molar-refractivity contribution is -0.145. The molecule has 1 aromatic heterocycles. The van der Waals surface area contributed by atoms with Crippen molar-refractivity contribution < 1.29 is 24.3 Å². The van der Waals surface area contributed by atoms with Gasteiger partial charge in [-0.1, -0.05) is 18.2 Å². The number of carbonyl (C=O) groups is 4. The predicted octanol–water partition coefficient (Wildman–Crippen LogP) is -0.110. The van der Waals surface area contributed by atoms with Gasteiger partial charge in [-0.25, -0.2) is 4.79 Å². The van der Waals surface area contributed by atoms with Crippen LogP contribution in [0.5, 0.6) is 0 Å². The van der Waals surface area contributed by atoms with E-state index in [0.29, 0.717) is 44.5 Å². The maximum atomic E-state index is 13.9. The molecule has 3 amide bonds. The molecule has 2 heterocycles. The molecule has 0 bridgehead atoms. The van der Waals surface area contributed by atoms with Gasteiger partial charge in [-0.3, -0.25) is 19.4 Å². The molecule has 0 aliphatic carbocycles. The van der Waals surface area contributed by atoms with Crippen LogP contribution in [0.3, 0.4) is 0 Å². The summed E-state index contributed by atoms with van der Waals surface area (Å²) in [5, 5.41) is 15.9. The number of nitrogens with two attached hydrogens (primary N) is 3. The van der Waals surface area contributed by atoms with Crippen molar-refractivity contribution in [2.24, 2.45) is 22.2 Å². The van der Waals surface area contributed by atoms with Gasteiger partial charge in [0.15, 0.2) is 5.96 Å². The van der Waals surface area contributed by atoms with Crippen LogP contribution >= 0.6 is 11.8 Å². The van der Waals surface area contributed by atoms with Crippen LogP contribution in [0, 0.1) is 0 Å². The number of aromatic nitrogens is 1. The predicted molar refractivity (Wildman–Crippen MR) is 159 cm³/mol. The van der Waals surface area contributed by atoms with Crippen LogP contribution in [0.4, 0.5) is 0 Å². The van der Waals surface area contributed by atoms with Gasteiger partial charge in [0.25, 0.3) is 0 Å². The summed E-state index contributed by atoms with van der Waals surface area (Å²) in [6, 6.07) is 3.84. The lowest BCUT2D eigenvalue weighted by Crippen LogP contribution is -2.57. The standard InChI is InChI=1S/C27H40N8O5S/c1-41-13-10-20(26(39)40)33-24(37)22-9-5-12-35(22)25(38)21(14-16-15-32-19-8-3-2-6-17(16)19)34-23(36)18(28)7-4-11-31-27(29)30/h2-3,6,8,15,18,20-22,32H,4-5,7,9-14,28H2,1H3,(H,33,37)(H,34,36)(H,39,40)(H4,29,30,31). The zero-order chi connectivity index (χ0) is 29.9. The van der Waals surface area contributed by atoms with Crippen LogP contribution in [0.1, 0.15) is 37.7 Å². The van der Waals surface area contributed by atoms with Gasteiger partial charge in [-0.15, -0.1) is 0 Å². The van der Waals surface area contributed by atoms with Gasteiger partial charge in [0, 0.05) is 36.6 Å². The molecule has 0 saturated carbocycles. The second-order valence-corrected chi connectivity index (χ2v) is 11.0. The minimum Gasteiger partial charge on any atom is -0.480 e. The van der Waals surface area contributed by atoms with Crippen LogP contribution in [-0.2, 0) is 25.6 Å². The van der Waals surface area contributed by atoms with E-state index in [1.54, 1.807) is 6.20 Å². The Kier molecular flexibility index (Phi) is 11.8. The van der Waals surface area contributed by atoms with Crippen molar-refractivity contribution in [1.29, 1.82) is 0 Å². The van der Waals surface area contributed by atoms with E-state index in [1.165, 1.54) is 16.7 Å². The number of likely N-dealkylation sites (tertiary alicyclic amines) is 1. The first-order chi connectivity index (χ1) is 19.6. The second-order valence-electron chi connectivity index (χ2n) is 10.1. The summed E-state index contributed by atoms with van der Waals surface area (Å²) in [5.74, 6) is -2.05. The fourth-order valence-electron chi connectivity index (χ4n) is 4.91. The molecule has 13 nitrogen and oxygen atoms in total. The highest BCUT2D eigenvalue weighted by Gasteiger charge is 2.39. The summed E-state index contributed by atoms with van der Waals surface area (Å²) in [7, 11) is 0. The van der Waals surface area contributed by atoms with Crippen molar-refractivity contribution in [2.75, 3.05) is 25.1 Å². The number of guanidine groups is 1. The third-order valence-electron chi connectivity index (χ3n) is 7.08. The molecule has 1 saturated heterocycles. The Morgan fingerprint density at radius 3 is 2.63 bits per heavy atom. The molecule has 1 aliphatic heterocycles. The number of rotatable bonds is 15. The van der Waals surface area contributed by atoms with Crippen molar-refractivity contribution >= 4 is 52.3 Å². The largest absolute Gasteiger partial charge is 0.480 e. The first-order valence-corrected chi connectivity index (χ1v) is 15.0. The summed E-state index contributed by atoms with van der Waals surface area (Å²) in [6.45, 7) is 0.629. The lowest BCUT2D eigenvalue weighted by Gasteiger charge is -2.30. The van der Waals surface area contributed by atoms with E-state index in [-0.39, 0.29) is 18.8 Å². The fraction of sp³-hybridized carbons (Fsp3) is 0.519. The van der Waals surface area contributed by atoms with E-state index in [2.05, 4.69) is 20.6 Å². The quantitative estimate of drug-likeness (QED) is 0.0836. The Hall–Kier alpha value is -3.78. The molecule has 224 valence electrons. The number of carboxylic acid groups (broad SMARTS) is 1. The number of hydrogen-bond acceptors (Lipinski definition) is 7. The van der Waals surface area contributed by atoms with E-state index in [9.17, 15) is 24.3 Å². The van der Waals surface area contributed by atoms with Crippen molar-refractivity contribution in [1.82, 2.24) is 20.5 Å². The maximum absolute atomic E-state index is 13.9. The molecule has 4 unspecified atom stereocenters. The molecule has 0 radical (unpaired) electrons. The second kappa shape index (κ2) is 15.3. The van der Waals surface area contributed by atoms with Crippen LogP contribution in [0.25, 0.3) is 10.9 Å². The van der Waals surface area contributed by atoms with Crippen molar-refractivity contribution in [3.63, 3.8) is 0 Å². The SMILES string of the molecule is CSCCC(NC(=O)C1CCCN1C(=O)C(Cc1c[nH]c2ccccc12)NC(=O)C(N)CCCN=C(N)N)C(=O)O. The number of aliphatic carboxylic acids is 1. The molecule has 1 fully saturated rings. The van der Waals surface area contributed by atoms with Gasteiger partial charge in [-0.05, 0) is 55.7 Å². The van der Waals surface area contributed by atoms with Gasteiger partial charge in [0.05, 0.1) is 6.04 Å². The minimum absolute atomic E-state index is 0.0458.